The number of hydrogen-bond donors (Lipinski definition) is 2. The van der Waals surface area contributed by atoms with Gasteiger partial charge in [-0.15, -0.1) is 0 Å². The molecule has 1 aromatic heterocycles. The highest BCUT2D eigenvalue weighted by molar-refractivity contribution is 5.37. The Balaban J connectivity index is 2.03. The lowest BCUT2D eigenvalue weighted by molar-refractivity contribution is 0.0108. The molecule has 2 heterocycles. The third-order valence-corrected chi connectivity index (χ3v) is 3.33. The van der Waals surface area contributed by atoms with Gasteiger partial charge in [0.05, 0.1) is 5.60 Å². The average Bonchev–Trinajstić information content (AvgIpc) is 2.30. The summed E-state index contributed by atoms with van der Waals surface area (Å²) in [5, 5.41) is 13.7. The molecule has 0 unspecified atom stereocenters. The van der Waals surface area contributed by atoms with Crippen LogP contribution in [0.3, 0.4) is 0 Å². The summed E-state index contributed by atoms with van der Waals surface area (Å²) in [7, 11) is 3.95. The molecule has 1 aliphatic rings. The molecular weight excluding hydrogens is 214 g/mol. The summed E-state index contributed by atoms with van der Waals surface area (Å²) in [5.41, 5.74) is 0.562. The molecule has 17 heavy (non-hydrogen) atoms. The van der Waals surface area contributed by atoms with Crippen LogP contribution in [0, 0.1) is 0 Å². The van der Waals surface area contributed by atoms with Gasteiger partial charge in [0.1, 0.15) is 5.82 Å². The number of anilines is 1. The second kappa shape index (κ2) is 5.02. The van der Waals surface area contributed by atoms with Crippen molar-refractivity contribution < 1.29 is 5.11 Å². The van der Waals surface area contributed by atoms with E-state index in [0.717, 1.165) is 37.3 Å². The third kappa shape index (κ3) is 3.17. The van der Waals surface area contributed by atoms with Crippen molar-refractivity contribution in [3.63, 3.8) is 0 Å². The molecule has 1 aromatic rings. The first-order valence-corrected chi connectivity index (χ1v) is 6.14. The summed E-state index contributed by atoms with van der Waals surface area (Å²) in [4.78, 5) is 6.35. The smallest absolute Gasteiger partial charge is 0.127 e. The van der Waals surface area contributed by atoms with Crippen molar-refractivity contribution >= 4 is 5.82 Å². The minimum Gasteiger partial charge on any atom is -0.389 e. The Labute approximate surface area is 103 Å². The molecule has 0 spiro atoms. The van der Waals surface area contributed by atoms with E-state index in [-0.39, 0.29) is 0 Å². The zero-order valence-electron chi connectivity index (χ0n) is 10.6. The number of nitrogens with one attached hydrogen (secondary N) is 1. The van der Waals surface area contributed by atoms with E-state index in [1.54, 1.807) is 0 Å². The maximum Gasteiger partial charge on any atom is 0.127 e. The topological polar surface area (TPSA) is 48.4 Å². The SMILES string of the molecule is CN(C)c1ccc(CC2(O)CCNCC2)cn1. The standard InChI is InChI=1S/C13H21N3O/c1-16(2)12-4-3-11(10-15-12)9-13(17)5-7-14-8-6-13/h3-4,10,14,17H,5-9H2,1-2H3. The quantitative estimate of drug-likeness (QED) is 0.814. The molecule has 0 aromatic carbocycles. The number of aliphatic hydroxyl groups is 1. The van der Waals surface area contributed by atoms with Crippen molar-refractivity contribution in [3.05, 3.63) is 23.9 Å². The van der Waals surface area contributed by atoms with E-state index in [1.165, 1.54) is 0 Å². The van der Waals surface area contributed by atoms with Crippen molar-refractivity contribution in [1.29, 1.82) is 0 Å². The molecule has 4 nitrogen and oxygen atoms in total. The van der Waals surface area contributed by atoms with Gasteiger partial charge in [-0.2, -0.15) is 0 Å². The first kappa shape index (κ1) is 12.3. The minimum absolute atomic E-state index is 0.549. The maximum absolute atomic E-state index is 10.4. The van der Waals surface area contributed by atoms with Crippen LogP contribution < -0.4 is 10.2 Å². The van der Waals surface area contributed by atoms with Crippen LogP contribution in [0.1, 0.15) is 18.4 Å². The van der Waals surface area contributed by atoms with E-state index in [9.17, 15) is 5.11 Å². The van der Waals surface area contributed by atoms with Crippen molar-refractivity contribution in [3.8, 4) is 0 Å². The fourth-order valence-electron chi connectivity index (χ4n) is 2.23. The summed E-state index contributed by atoms with van der Waals surface area (Å²) < 4.78 is 0. The zero-order valence-corrected chi connectivity index (χ0v) is 10.6. The van der Waals surface area contributed by atoms with Gasteiger partial charge in [0.25, 0.3) is 0 Å². The number of aromatic nitrogens is 1. The highest BCUT2D eigenvalue weighted by atomic mass is 16.3. The Hall–Kier alpha value is -1.13. The molecule has 94 valence electrons. The molecule has 2 rings (SSSR count). The van der Waals surface area contributed by atoms with Crippen LogP contribution in [0.25, 0.3) is 0 Å². The van der Waals surface area contributed by atoms with Gasteiger partial charge in [-0.1, -0.05) is 6.07 Å². The van der Waals surface area contributed by atoms with Crippen LogP contribution in [0.2, 0.25) is 0 Å². The van der Waals surface area contributed by atoms with E-state index in [2.05, 4.69) is 16.4 Å². The normalized spacial score (nSPS) is 19.0. The number of pyridine rings is 1. The van der Waals surface area contributed by atoms with Crippen molar-refractivity contribution in [2.24, 2.45) is 0 Å². The molecule has 0 amide bonds. The second-order valence-corrected chi connectivity index (χ2v) is 5.07. The van der Waals surface area contributed by atoms with E-state index in [4.69, 9.17) is 0 Å². The van der Waals surface area contributed by atoms with Gasteiger partial charge in [-0.05, 0) is 37.6 Å². The Bertz CT molecular complexity index is 355. The van der Waals surface area contributed by atoms with Gasteiger partial charge in [0.15, 0.2) is 0 Å². The van der Waals surface area contributed by atoms with Crippen LogP contribution in [-0.2, 0) is 6.42 Å². The van der Waals surface area contributed by atoms with E-state index in [0.29, 0.717) is 6.42 Å². The average molecular weight is 235 g/mol. The van der Waals surface area contributed by atoms with Crippen LogP contribution >= 0.6 is 0 Å². The molecule has 4 heteroatoms. The van der Waals surface area contributed by atoms with Gasteiger partial charge in [-0.25, -0.2) is 4.98 Å². The summed E-state index contributed by atoms with van der Waals surface area (Å²) in [6.45, 7) is 1.80. The lowest BCUT2D eigenvalue weighted by Crippen LogP contribution is -2.43. The Morgan fingerprint density at radius 2 is 2.06 bits per heavy atom. The second-order valence-electron chi connectivity index (χ2n) is 5.07. The zero-order chi connectivity index (χ0) is 12.3. The Kier molecular flexibility index (Phi) is 3.64. The number of piperidine rings is 1. The van der Waals surface area contributed by atoms with Crippen molar-refractivity contribution in [2.45, 2.75) is 24.9 Å². The minimum atomic E-state index is -0.549. The summed E-state index contributed by atoms with van der Waals surface area (Å²) in [5.74, 6) is 0.950. The third-order valence-electron chi connectivity index (χ3n) is 3.33. The molecule has 2 N–H and O–H groups in total. The van der Waals surface area contributed by atoms with E-state index in [1.807, 2.05) is 31.3 Å². The number of hydrogen-bond acceptors (Lipinski definition) is 4. The largest absolute Gasteiger partial charge is 0.389 e. The van der Waals surface area contributed by atoms with Crippen molar-refractivity contribution in [1.82, 2.24) is 10.3 Å². The number of rotatable bonds is 3. The predicted molar refractivity (Wildman–Crippen MR) is 69.3 cm³/mol. The number of nitrogens with zero attached hydrogens (tertiary/aromatic N) is 2. The van der Waals surface area contributed by atoms with Crippen LogP contribution in [0.5, 0.6) is 0 Å². The predicted octanol–water partition coefficient (Wildman–Crippen LogP) is 0.805. The summed E-state index contributed by atoms with van der Waals surface area (Å²) in [6.07, 6.45) is 4.22. The summed E-state index contributed by atoms with van der Waals surface area (Å²) in [6, 6.07) is 4.06. The lowest BCUT2D eigenvalue weighted by atomic mass is 9.86. The van der Waals surface area contributed by atoms with Gasteiger partial charge in [0.2, 0.25) is 0 Å². The summed E-state index contributed by atoms with van der Waals surface area (Å²) >= 11 is 0. The van der Waals surface area contributed by atoms with Gasteiger partial charge in [-0.3, -0.25) is 0 Å². The molecule has 0 saturated carbocycles. The Morgan fingerprint density at radius 1 is 1.35 bits per heavy atom. The fraction of sp³-hybridized carbons (Fsp3) is 0.615. The molecule has 1 saturated heterocycles. The highest BCUT2D eigenvalue weighted by Gasteiger charge is 2.29. The molecule has 0 radical (unpaired) electrons. The Morgan fingerprint density at radius 3 is 2.59 bits per heavy atom. The van der Waals surface area contributed by atoms with Crippen LogP contribution in [0.15, 0.2) is 18.3 Å². The van der Waals surface area contributed by atoms with Gasteiger partial charge in [0, 0.05) is 26.7 Å². The molecule has 1 fully saturated rings. The first-order chi connectivity index (χ1) is 8.09. The molecule has 0 atom stereocenters. The van der Waals surface area contributed by atoms with E-state index < -0.39 is 5.60 Å². The van der Waals surface area contributed by atoms with Crippen LogP contribution in [-0.4, -0.2) is 42.9 Å². The van der Waals surface area contributed by atoms with Crippen molar-refractivity contribution in [2.75, 3.05) is 32.1 Å². The first-order valence-electron chi connectivity index (χ1n) is 6.14. The fourth-order valence-corrected chi connectivity index (χ4v) is 2.23. The monoisotopic (exact) mass is 235 g/mol. The van der Waals surface area contributed by atoms with Gasteiger partial charge < -0.3 is 15.3 Å². The lowest BCUT2D eigenvalue weighted by Gasteiger charge is -2.32. The molecule has 0 bridgehead atoms. The van der Waals surface area contributed by atoms with E-state index >= 15 is 0 Å². The highest BCUT2D eigenvalue weighted by Crippen LogP contribution is 2.23. The molecule has 1 aliphatic heterocycles. The van der Waals surface area contributed by atoms with Crippen LogP contribution in [0.4, 0.5) is 5.82 Å². The maximum atomic E-state index is 10.4. The molecule has 0 aliphatic carbocycles. The molecular formula is C13H21N3O. The van der Waals surface area contributed by atoms with Gasteiger partial charge >= 0.3 is 0 Å².